The molecular weight excluding hydrogens is 240 g/mol. The third kappa shape index (κ3) is 3.92. The summed E-state index contributed by atoms with van der Waals surface area (Å²) in [7, 11) is 0. The molecule has 1 aromatic heterocycles. The van der Waals surface area contributed by atoms with Crippen LogP contribution in [0.25, 0.3) is 0 Å². The minimum atomic E-state index is -0.0387. The number of hydrogen-bond acceptors (Lipinski definition) is 4. The highest BCUT2D eigenvalue weighted by Crippen LogP contribution is 2.15. The molecule has 5 heteroatoms. The highest BCUT2D eigenvalue weighted by atomic mass is 16.1. The van der Waals surface area contributed by atoms with E-state index in [1.54, 1.807) is 12.4 Å². The third-order valence-electron chi connectivity index (χ3n) is 3.18. The van der Waals surface area contributed by atoms with E-state index in [0.717, 1.165) is 31.6 Å². The molecule has 0 saturated carbocycles. The van der Waals surface area contributed by atoms with Gasteiger partial charge in [-0.25, -0.2) is 0 Å². The maximum absolute atomic E-state index is 12.3. The number of amides is 1. The number of rotatable bonds is 4. The van der Waals surface area contributed by atoms with Gasteiger partial charge in [0.05, 0.1) is 11.3 Å². The maximum atomic E-state index is 12.3. The minimum absolute atomic E-state index is 0.0387. The first-order valence-electron chi connectivity index (χ1n) is 6.89. The fourth-order valence-corrected chi connectivity index (χ4v) is 2.24. The lowest BCUT2D eigenvalue weighted by Crippen LogP contribution is -2.42. The second-order valence-corrected chi connectivity index (χ2v) is 5.22. The van der Waals surface area contributed by atoms with Gasteiger partial charge in [-0.15, -0.1) is 0 Å². The minimum Gasteiger partial charge on any atom is -0.382 e. The number of pyridine rings is 1. The molecule has 0 unspecified atom stereocenters. The van der Waals surface area contributed by atoms with E-state index in [2.05, 4.69) is 34.8 Å². The van der Waals surface area contributed by atoms with Crippen LogP contribution in [0, 0.1) is 0 Å². The van der Waals surface area contributed by atoms with Crippen molar-refractivity contribution in [3.8, 4) is 0 Å². The Kier molecular flexibility index (Phi) is 4.74. The summed E-state index contributed by atoms with van der Waals surface area (Å²) in [6.45, 7) is 6.04. The van der Waals surface area contributed by atoms with Crippen molar-refractivity contribution in [2.24, 2.45) is 0 Å². The highest BCUT2D eigenvalue weighted by Gasteiger charge is 2.18. The number of nitrogens with zero attached hydrogens (tertiary/aromatic N) is 1. The summed E-state index contributed by atoms with van der Waals surface area (Å²) in [5.41, 5.74) is 1.46. The zero-order chi connectivity index (χ0) is 13.7. The van der Waals surface area contributed by atoms with Crippen molar-refractivity contribution in [1.29, 1.82) is 0 Å². The Morgan fingerprint density at radius 1 is 1.42 bits per heavy atom. The summed E-state index contributed by atoms with van der Waals surface area (Å²) < 4.78 is 0. The van der Waals surface area contributed by atoms with Gasteiger partial charge in [0.1, 0.15) is 0 Å². The predicted octanol–water partition coefficient (Wildman–Crippen LogP) is 1.38. The van der Waals surface area contributed by atoms with Crippen molar-refractivity contribution in [1.82, 2.24) is 15.6 Å². The van der Waals surface area contributed by atoms with Crippen LogP contribution in [0.2, 0.25) is 0 Å². The number of hydrogen-bond donors (Lipinski definition) is 3. The fourth-order valence-electron chi connectivity index (χ4n) is 2.24. The lowest BCUT2D eigenvalue weighted by molar-refractivity contribution is 0.0930. The monoisotopic (exact) mass is 262 g/mol. The predicted molar refractivity (Wildman–Crippen MR) is 76.4 cm³/mol. The van der Waals surface area contributed by atoms with Gasteiger partial charge in [0.2, 0.25) is 0 Å². The van der Waals surface area contributed by atoms with Crippen molar-refractivity contribution >= 4 is 11.6 Å². The molecule has 0 spiro atoms. The summed E-state index contributed by atoms with van der Waals surface area (Å²) in [5.74, 6) is -0.0387. The second-order valence-electron chi connectivity index (χ2n) is 5.22. The van der Waals surface area contributed by atoms with E-state index in [9.17, 15) is 4.79 Å². The van der Waals surface area contributed by atoms with Gasteiger partial charge in [-0.1, -0.05) is 0 Å². The Labute approximate surface area is 114 Å². The van der Waals surface area contributed by atoms with Gasteiger partial charge in [0.15, 0.2) is 0 Å². The Bertz CT molecular complexity index is 427. The molecule has 0 aliphatic carbocycles. The molecule has 3 N–H and O–H groups in total. The molecule has 0 radical (unpaired) electrons. The molecule has 1 aliphatic heterocycles. The normalized spacial score (nSPS) is 16.4. The molecule has 2 heterocycles. The largest absolute Gasteiger partial charge is 0.382 e. The van der Waals surface area contributed by atoms with Crippen molar-refractivity contribution < 1.29 is 4.79 Å². The van der Waals surface area contributed by atoms with E-state index in [4.69, 9.17) is 0 Å². The van der Waals surface area contributed by atoms with Gasteiger partial charge in [0.25, 0.3) is 5.91 Å². The molecule has 0 atom stereocenters. The molecule has 1 fully saturated rings. The van der Waals surface area contributed by atoms with Crippen LogP contribution in [0.5, 0.6) is 0 Å². The first-order valence-corrected chi connectivity index (χ1v) is 6.89. The van der Waals surface area contributed by atoms with Crippen LogP contribution in [-0.2, 0) is 0 Å². The number of piperidine rings is 1. The van der Waals surface area contributed by atoms with Crippen LogP contribution < -0.4 is 16.0 Å². The van der Waals surface area contributed by atoms with Gasteiger partial charge in [0, 0.05) is 24.5 Å². The van der Waals surface area contributed by atoms with E-state index < -0.39 is 0 Å². The maximum Gasteiger partial charge on any atom is 0.255 e. The number of anilines is 1. The number of carbonyl (C=O) groups excluding carboxylic acids is 1. The molecule has 1 amide bonds. The van der Waals surface area contributed by atoms with Crippen molar-refractivity contribution in [3.63, 3.8) is 0 Å². The number of nitrogens with one attached hydrogen (secondary N) is 3. The quantitative estimate of drug-likeness (QED) is 0.767. The Balaban J connectivity index is 2.05. The van der Waals surface area contributed by atoms with Crippen molar-refractivity contribution in [2.45, 2.75) is 38.8 Å². The van der Waals surface area contributed by atoms with Crippen LogP contribution in [0.15, 0.2) is 18.5 Å². The SMILES string of the molecule is CC(C)Nc1ccncc1C(=O)NC1CCNCC1. The van der Waals surface area contributed by atoms with Crippen molar-refractivity contribution in [3.05, 3.63) is 24.0 Å². The second kappa shape index (κ2) is 6.52. The van der Waals surface area contributed by atoms with Gasteiger partial charge in [-0.3, -0.25) is 9.78 Å². The lowest BCUT2D eigenvalue weighted by Gasteiger charge is -2.24. The smallest absolute Gasteiger partial charge is 0.255 e. The molecule has 19 heavy (non-hydrogen) atoms. The first-order chi connectivity index (χ1) is 9.16. The van der Waals surface area contributed by atoms with Gasteiger partial charge >= 0.3 is 0 Å². The van der Waals surface area contributed by atoms with E-state index in [0.29, 0.717) is 5.56 Å². The van der Waals surface area contributed by atoms with Crippen LogP contribution >= 0.6 is 0 Å². The Morgan fingerprint density at radius 2 is 2.16 bits per heavy atom. The number of aromatic nitrogens is 1. The zero-order valence-electron chi connectivity index (χ0n) is 11.6. The summed E-state index contributed by atoms with van der Waals surface area (Å²) in [4.78, 5) is 16.4. The molecule has 1 aromatic rings. The van der Waals surface area contributed by atoms with Crippen LogP contribution in [0.4, 0.5) is 5.69 Å². The lowest BCUT2D eigenvalue weighted by atomic mass is 10.1. The fraction of sp³-hybridized carbons (Fsp3) is 0.571. The van der Waals surface area contributed by atoms with Crippen LogP contribution in [-0.4, -0.2) is 36.1 Å². The van der Waals surface area contributed by atoms with Crippen LogP contribution in [0.1, 0.15) is 37.0 Å². The molecule has 2 rings (SSSR count). The number of carbonyl (C=O) groups is 1. The molecule has 5 nitrogen and oxygen atoms in total. The van der Waals surface area contributed by atoms with Gasteiger partial charge < -0.3 is 16.0 Å². The zero-order valence-corrected chi connectivity index (χ0v) is 11.6. The summed E-state index contributed by atoms with van der Waals surface area (Å²) in [6, 6.07) is 2.39. The van der Waals surface area contributed by atoms with E-state index in [1.807, 2.05) is 6.07 Å². The third-order valence-corrected chi connectivity index (χ3v) is 3.18. The Hall–Kier alpha value is -1.62. The standard InChI is InChI=1S/C14H22N4O/c1-10(2)17-13-5-8-16-9-12(13)14(19)18-11-3-6-15-7-4-11/h5,8-11,15H,3-4,6-7H2,1-2H3,(H,16,17)(H,18,19). The van der Waals surface area contributed by atoms with Gasteiger partial charge in [-0.05, 0) is 45.8 Å². The van der Waals surface area contributed by atoms with E-state index >= 15 is 0 Å². The highest BCUT2D eigenvalue weighted by molar-refractivity contribution is 5.99. The van der Waals surface area contributed by atoms with Crippen LogP contribution in [0.3, 0.4) is 0 Å². The molecule has 104 valence electrons. The first kappa shape index (κ1) is 13.8. The van der Waals surface area contributed by atoms with E-state index in [1.165, 1.54) is 0 Å². The Morgan fingerprint density at radius 3 is 2.84 bits per heavy atom. The average Bonchev–Trinajstić information content (AvgIpc) is 2.39. The summed E-state index contributed by atoms with van der Waals surface area (Å²) in [6.07, 6.45) is 5.30. The molecular formula is C14H22N4O. The average molecular weight is 262 g/mol. The molecule has 0 bridgehead atoms. The topological polar surface area (TPSA) is 66.0 Å². The van der Waals surface area contributed by atoms with E-state index in [-0.39, 0.29) is 18.0 Å². The molecule has 1 aliphatic rings. The van der Waals surface area contributed by atoms with Crippen molar-refractivity contribution in [2.75, 3.05) is 18.4 Å². The molecule has 0 aromatic carbocycles. The van der Waals surface area contributed by atoms with Gasteiger partial charge in [-0.2, -0.15) is 0 Å². The summed E-state index contributed by atoms with van der Waals surface area (Å²) >= 11 is 0. The molecule has 1 saturated heterocycles. The summed E-state index contributed by atoms with van der Waals surface area (Å²) in [5, 5.41) is 9.66.